The molecule has 2 unspecified atom stereocenters. The van der Waals surface area contributed by atoms with E-state index >= 15 is 0 Å². The summed E-state index contributed by atoms with van der Waals surface area (Å²) in [5.74, 6) is 0.294. The first-order valence-electron chi connectivity index (χ1n) is 5.72. The molecule has 0 heterocycles. The number of rotatable bonds is 5. The average molecular weight is 288 g/mol. The van der Waals surface area contributed by atoms with Crippen LogP contribution in [-0.4, -0.2) is 7.05 Å². The summed E-state index contributed by atoms with van der Waals surface area (Å²) in [5.41, 5.74) is 0.756. The van der Waals surface area contributed by atoms with Crippen molar-refractivity contribution in [3.63, 3.8) is 0 Å². The van der Waals surface area contributed by atoms with Gasteiger partial charge in [-0.1, -0.05) is 42.3 Å². The van der Waals surface area contributed by atoms with Crippen LogP contribution >= 0.6 is 15.9 Å². The summed E-state index contributed by atoms with van der Waals surface area (Å²) in [6.45, 7) is 4.31. The van der Waals surface area contributed by atoms with E-state index in [2.05, 4.69) is 35.1 Å². The minimum Gasteiger partial charge on any atom is -0.313 e. The van der Waals surface area contributed by atoms with Crippen LogP contribution in [0.1, 0.15) is 38.3 Å². The molecule has 3 heteroatoms. The molecule has 16 heavy (non-hydrogen) atoms. The second kappa shape index (κ2) is 6.36. The maximum Gasteiger partial charge on any atom is 0.129 e. The fourth-order valence-corrected chi connectivity index (χ4v) is 2.46. The Hall–Kier alpha value is -0.410. The molecule has 90 valence electrons. The maximum atomic E-state index is 13.8. The second-order valence-electron chi connectivity index (χ2n) is 4.20. The highest BCUT2D eigenvalue weighted by Gasteiger charge is 2.19. The van der Waals surface area contributed by atoms with Gasteiger partial charge in [-0.05, 0) is 31.5 Å². The zero-order valence-corrected chi connectivity index (χ0v) is 11.6. The van der Waals surface area contributed by atoms with E-state index in [1.807, 2.05) is 19.2 Å². The predicted molar refractivity (Wildman–Crippen MR) is 70.0 cm³/mol. The topological polar surface area (TPSA) is 12.0 Å². The van der Waals surface area contributed by atoms with Crippen LogP contribution in [-0.2, 0) is 0 Å². The largest absolute Gasteiger partial charge is 0.313 e. The van der Waals surface area contributed by atoms with Crippen molar-refractivity contribution in [1.29, 1.82) is 0 Å². The van der Waals surface area contributed by atoms with Crippen molar-refractivity contribution in [2.45, 2.75) is 32.7 Å². The minimum atomic E-state index is -0.142. The van der Waals surface area contributed by atoms with Gasteiger partial charge in [0.1, 0.15) is 5.82 Å². The number of benzene rings is 1. The number of hydrogen-bond donors (Lipinski definition) is 1. The van der Waals surface area contributed by atoms with E-state index in [0.717, 1.165) is 22.9 Å². The summed E-state index contributed by atoms with van der Waals surface area (Å²) in [7, 11) is 1.89. The van der Waals surface area contributed by atoms with Crippen molar-refractivity contribution in [1.82, 2.24) is 5.32 Å². The van der Waals surface area contributed by atoms with E-state index in [-0.39, 0.29) is 11.9 Å². The normalized spacial score (nSPS) is 14.8. The molecule has 0 saturated heterocycles. The molecule has 1 rings (SSSR count). The lowest BCUT2D eigenvalue weighted by atomic mass is 9.91. The Balaban J connectivity index is 2.94. The van der Waals surface area contributed by atoms with Crippen molar-refractivity contribution in [3.8, 4) is 0 Å². The van der Waals surface area contributed by atoms with E-state index in [4.69, 9.17) is 0 Å². The standard InChI is InChI=1S/C13H19BrFN/c1-4-5-9(2)13(16-3)11-7-6-10(14)8-12(11)15/h6-9,13,16H,4-5H2,1-3H3. The zero-order valence-electron chi connectivity index (χ0n) is 10.1. The van der Waals surface area contributed by atoms with Gasteiger partial charge in [0.05, 0.1) is 0 Å². The van der Waals surface area contributed by atoms with Crippen LogP contribution in [0.5, 0.6) is 0 Å². The number of nitrogens with one attached hydrogen (secondary N) is 1. The summed E-state index contributed by atoms with van der Waals surface area (Å²) in [6.07, 6.45) is 2.22. The van der Waals surface area contributed by atoms with Gasteiger partial charge in [-0.15, -0.1) is 0 Å². The number of hydrogen-bond acceptors (Lipinski definition) is 1. The van der Waals surface area contributed by atoms with Crippen molar-refractivity contribution in [2.75, 3.05) is 7.05 Å². The van der Waals surface area contributed by atoms with Gasteiger partial charge in [-0.3, -0.25) is 0 Å². The molecule has 0 saturated carbocycles. The molecule has 1 nitrogen and oxygen atoms in total. The van der Waals surface area contributed by atoms with Gasteiger partial charge in [0.2, 0.25) is 0 Å². The minimum absolute atomic E-state index is 0.0908. The highest BCUT2D eigenvalue weighted by atomic mass is 79.9. The summed E-state index contributed by atoms with van der Waals surface area (Å²) < 4.78 is 14.6. The highest BCUT2D eigenvalue weighted by molar-refractivity contribution is 9.10. The molecule has 0 aliphatic heterocycles. The molecule has 0 aromatic heterocycles. The van der Waals surface area contributed by atoms with Gasteiger partial charge in [-0.2, -0.15) is 0 Å². The third-order valence-corrected chi connectivity index (χ3v) is 3.41. The third kappa shape index (κ3) is 3.29. The summed E-state index contributed by atoms with van der Waals surface area (Å²) in [4.78, 5) is 0. The molecule has 2 atom stereocenters. The maximum absolute atomic E-state index is 13.8. The van der Waals surface area contributed by atoms with Crippen LogP contribution in [0.3, 0.4) is 0 Å². The monoisotopic (exact) mass is 287 g/mol. The Morgan fingerprint density at radius 2 is 2.12 bits per heavy atom. The van der Waals surface area contributed by atoms with Gasteiger partial charge in [-0.25, -0.2) is 4.39 Å². The highest BCUT2D eigenvalue weighted by Crippen LogP contribution is 2.28. The molecule has 0 aliphatic rings. The predicted octanol–water partition coefficient (Wildman–Crippen LogP) is 4.28. The molecule has 0 fully saturated rings. The summed E-state index contributed by atoms with van der Waals surface area (Å²) in [6, 6.07) is 5.36. The first-order chi connectivity index (χ1) is 7.60. The molecule has 1 N–H and O–H groups in total. The Morgan fingerprint density at radius 3 is 2.62 bits per heavy atom. The summed E-state index contributed by atoms with van der Waals surface area (Å²) in [5, 5.41) is 3.21. The van der Waals surface area contributed by atoms with E-state index < -0.39 is 0 Å². The van der Waals surface area contributed by atoms with Gasteiger partial charge in [0.25, 0.3) is 0 Å². The Bertz CT molecular complexity index is 341. The lowest BCUT2D eigenvalue weighted by Crippen LogP contribution is -2.24. The Kier molecular flexibility index (Phi) is 5.42. The molecule has 0 bridgehead atoms. The molecule has 0 spiro atoms. The van der Waals surface area contributed by atoms with Crippen molar-refractivity contribution in [2.24, 2.45) is 5.92 Å². The van der Waals surface area contributed by atoms with Crippen molar-refractivity contribution in [3.05, 3.63) is 34.1 Å². The fraction of sp³-hybridized carbons (Fsp3) is 0.538. The van der Waals surface area contributed by atoms with Gasteiger partial charge < -0.3 is 5.32 Å². The fourth-order valence-electron chi connectivity index (χ4n) is 2.12. The molecule has 0 amide bonds. The molecular formula is C13H19BrFN. The lowest BCUT2D eigenvalue weighted by Gasteiger charge is -2.24. The Labute approximate surface area is 106 Å². The van der Waals surface area contributed by atoms with Crippen LogP contribution < -0.4 is 5.32 Å². The van der Waals surface area contributed by atoms with Crippen LogP contribution in [0.4, 0.5) is 4.39 Å². The number of halogens is 2. The van der Waals surface area contributed by atoms with E-state index in [1.54, 1.807) is 0 Å². The molecular weight excluding hydrogens is 269 g/mol. The van der Waals surface area contributed by atoms with Crippen molar-refractivity contribution < 1.29 is 4.39 Å². The van der Waals surface area contributed by atoms with Crippen molar-refractivity contribution >= 4 is 15.9 Å². The van der Waals surface area contributed by atoms with Crippen LogP contribution in [0.25, 0.3) is 0 Å². The zero-order chi connectivity index (χ0) is 12.1. The van der Waals surface area contributed by atoms with Gasteiger partial charge >= 0.3 is 0 Å². The first-order valence-corrected chi connectivity index (χ1v) is 6.51. The second-order valence-corrected chi connectivity index (χ2v) is 5.11. The first kappa shape index (κ1) is 13.7. The van der Waals surface area contributed by atoms with Gasteiger partial charge in [0.15, 0.2) is 0 Å². The van der Waals surface area contributed by atoms with Crippen LogP contribution in [0, 0.1) is 11.7 Å². The van der Waals surface area contributed by atoms with E-state index in [0.29, 0.717) is 5.92 Å². The van der Waals surface area contributed by atoms with Crippen LogP contribution in [0.2, 0.25) is 0 Å². The van der Waals surface area contributed by atoms with E-state index in [9.17, 15) is 4.39 Å². The molecule has 1 aromatic rings. The third-order valence-electron chi connectivity index (χ3n) is 2.92. The molecule has 1 aromatic carbocycles. The van der Waals surface area contributed by atoms with Crippen LogP contribution in [0.15, 0.2) is 22.7 Å². The molecule has 0 radical (unpaired) electrons. The Morgan fingerprint density at radius 1 is 1.44 bits per heavy atom. The summed E-state index contributed by atoms with van der Waals surface area (Å²) >= 11 is 3.27. The smallest absolute Gasteiger partial charge is 0.129 e. The quantitative estimate of drug-likeness (QED) is 0.852. The SMILES string of the molecule is CCCC(C)C(NC)c1ccc(Br)cc1F. The average Bonchev–Trinajstić information content (AvgIpc) is 2.22. The molecule has 0 aliphatic carbocycles. The lowest BCUT2D eigenvalue weighted by molar-refractivity contribution is 0.372. The van der Waals surface area contributed by atoms with Gasteiger partial charge in [0, 0.05) is 16.1 Å². The van der Waals surface area contributed by atoms with E-state index in [1.165, 1.54) is 6.07 Å².